The van der Waals surface area contributed by atoms with E-state index in [9.17, 15) is 22.8 Å². The second kappa shape index (κ2) is 7.36. The lowest BCUT2D eigenvalue weighted by Gasteiger charge is -2.10. The maximum Gasteiger partial charge on any atom is 0.422 e. The molecule has 116 valence electrons. The molecule has 21 heavy (non-hydrogen) atoms. The highest BCUT2D eigenvalue weighted by Crippen LogP contribution is 2.16. The molecule has 0 atom stereocenters. The number of anilines is 2. The van der Waals surface area contributed by atoms with E-state index in [2.05, 4.69) is 20.1 Å². The Hall–Kier alpha value is -2.45. The Morgan fingerprint density at radius 3 is 1.81 bits per heavy atom. The van der Waals surface area contributed by atoms with Crippen LogP contribution in [-0.2, 0) is 9.47 Å². The summed E-state index contributed by atoms with van der Waals surface area (Å²) >= 11 is 0. The van der Waals surface area contributed by atoms with Crippen molar-refractivity contribution in [3.05, 3.63) is 24.3 Å². The third-order valence-electron chi connectivity index (χ3n) is 2.02. The van der Waals surface area contributed by atoms with Crippen LogP contribution in [0.3, 0.4) is 0 Å². The average molecular weight is 306 g/mol. The number of hydrogen-bond donors (Lipinski definition) is 2. The van der Waals surface area contributed by atoms with Gasteiger partial charge < -0.3 is 9.47 Å². The van der Waals surface area contributed by atoms with Gasteiger partial charge in [-0.2, -0.15) is 13.2 Å². The summed E-state index contributed by atoms with van der Waals surface area (Å²) in [7, 11) is 0. The van der Waals surface area contributed by atoms with Gasteiger partial charge in [0.2, 0.25) is 0 Å². The fourth-order valence-electron chi connectivity index (χ4n) is 1.22. The standard InChI is InChI=1S/C12H13F3N2O4/c1-2-20-10(18)16-8-3-5-9(6-4-8)17-11(19)21-7-12(13,14)15/h3-6H,2,7H2,1H3,(H,16,18)(H,17,19). The molecule has 0 saturated carbocycles. The van der Waals surface area contributed by atoms with Crippen molar-refractivity contribution in [2.75, 3.05) is 23.8 Å². The van der Waals surface area contributed by atoms with Gasteiger partial charge in [0.1, 0.15) is 0 Å². The normalized spacial score (nSPS) is 10.7. The maximum atomic E-state index is 11.8. The number of halogens is 3. The topological polar surface area (TPSA) is 76.7 Å². The van der Waals surface area contributed by atoms with Gasteiger partial charge in [-0.15, -0.1) is 0 Å². The van der Waals surface area contributed by atoms with Gasteiger partial charge >= 0.3 is 18.4 Å². The van der Waals surface area contributed by atoms with Gasteiger partial charge in [-0.25, -0.2) is 9.59 Å². The number of carbonyl (C=O) groups excluding carboxylic acids is 2. The van der Waals surface area contributed by atoms with Crippen LogP contribution < -0.4 is 10.6 Å². The van der Waals surface area contributed by atoms with Gasteiger partial charge in [0.15, 0.2) is 6.61 Å². The Morgan fingerprint density at radius 2 is 1.43 bits per heavy atom. The van der Waals surface area contributed by atoms with Crippen LogP contribution >= 0.6 is 0 Å². The summed E-state index contributed by atoms with van der Waals surface area (Å²) in [6, 6.07) is 5.65. The molecule has 0 aliphatic heterocycles. The van der Waals surface area contributed by atoms with Crippen LogP contribution in [0.25, 0.3) is 0 Å². The van der Waals surface area contributed by atoms with E-state index in [1.54, 1.807) is 6.92 Å². The number of amides is 2. The zero-order valence-electron chi connectivity index (χ0n) is 11.0. The van der Waals surface area contributed by atoms with Crippen LogP contribution in [0, 0.1) is 0 Å². The second-order valence-electron chi connectivity index (χ2n) is 3.74. The molecule has 0 spiro atoms. The van der Waals surface area contributed by atoms with Crippen molar-refractivity contribution in [1.82, 2.24) is 0 Å². The smallest absolute Gasteiger partial charge is 0.422 e. The van der Waals surface area contributed by atoms with E-state index in [0.717, 1.165) is 0 Å². The van der Waals surface area contributed by atoms with E-state index in [0.29, 0.717) is 5.69 Å². The quantitative estimate of drug-likeness (QED) is 0.894. The number of alkyl halides is 3. The van der Waals surface area contributed by atoms with E-state index in [1.807, 2.05) is 0 Å². The molecule has 1 rings (SSSR count). The Labute approximate surface area is 118 Å². The summed E-state index contributed by atoms with van der Waals surface area (Å²) in [4.78, 5) is 22.2. The van der Waals surface area contributed by atoms with Gasteiger partial charge in [-0.3, -0.25) is 10.6 Å². The molecular formula is C12H13F3N2O4. The molecule has 9 heteroatoms. The third kappa shape index (κ3) is 7.04. The Morgan fingerprint density at radius 1 is 1.00 bits per heavy atom. The second-order valence-corrected chi connectivity index (χ2v) is 3.74. The summed E-state index contributed by atoms with van der Waals surface area (Å²) in [6.07, 6.45) is -6.44. The number of ether oxygens (including phenoxy) is 2. The first-order valence-electron chi connectivity index (χ1n) is 5.84. The lowest BCUT2D eigenvalue weighted by molar-refractivity contribution is -0.159. The number of rotatable bonds is 4. The zero-order chi connectivity index (χ0) is 15.9. The van der Waals surface area contributed by atoms with Gasteiger partial charge in [-0.1, -0.05) is 0 Å². The number of hydrogen-bond acceptors (Lipinski definition) is 4. The largest absolute Gasteiger partial charge is 0.450 e. The predicted octanol–water partition coefficient (Wildman–Crippen LogP) is 3.37. The monoisotopic (exact) mass is 306 g/mol. The van der Waals surface area contributed by atoms with E-state index in [4.69, 9.17) is 0 Å². The van der Waals surface area contributed by atoms with Crippen molar-refractivity contribution in [1.29, 1.82) is 0 Å². The van der Waals surface area contributed by atoms with Gasteiger partial charge in [-0.05, 0) is 31.2 Å². The molecule has 2 N–H and O–H groups in total. The summed E-state index contributed by atoms with van der Waals surface area (Å²) in [5.74, 6) is 0. The Kier molecular flexibility index (Phi) is 5.82. The van der Waals surface area contributed by atoms with Crippen LogP contribution in [0.2, 0.25) is 0 Å². The molecule has 0 saturated heterocycles. The van der Waals surface area contributed by atoms with Crippen molar-refractivity contribution >= 4 is 23.6 Å². The molecule has 0 aliphatic rings. The molecule has 6 nitrogen and oxygen atoms in total. The van der Waals surface area contributed by atoms with Gasteiger partial charge in [0.05, 0.1) is 6.61 Å². The Balaban J connectivity index is 2.47. The highest BCUT2D eigenvalue weighted by Gasteiger charge is 2.29. The molecule has 1 aromatic rings. The molecule has 2 amide bonds. The van der Waals surface area contributed by atoms with Crippen molar-refractivity contribution in [3.8, 4) is 0 Å². The first kappa shape index (κ1) is 16.6. The minimum atomic E-state index is -4.58. The van der Waals surface area contributed by atoms with E-state index in [1.165, 1.54) is 24.3 Å². The van der Waals surface area contributed by atoms with Crippen molar-refractivity contribution in [2.45, 2.75) is 13.1 Å². The van der Waals surface area contributed by atoms with Crippen LogP contribution in [0.15, 0.2) is 24.3 Å². The number of nitrogens with one attached hydrogen (secondary N) is 2. The van der Waals surface area contributed by atoms with Crippen molar-refractivity contribution in [3.63, 3.8) is 0 Å². The van der Waals surface area contributed by atoms with E-state index in [-0.39, 0.29) is 12.3 Å². The number of carbonyl (C=O) groups is 2. The summed E-state index contributed by atoms with van der Waals surface area (Å²) in [6.45, 7) is 0.205. The number of benzene rings is 1. The lowest BCUT2D eigenvalue weighted by atomic mass is 10.3. The predicted molar refractivity (Wildman–Crippen MR) is 68.1 cm³/mol. The van der Waals surface area contributed by atoms with Gasteiger partial charge in [0, 0.05) is 11.4 Å². The third-order valence-corrected chi connectivity index (χ3v) is 2.02. The molecule has 0 heterocycles. The van der Waals surface area contributed by atoms with Crippen molar-refractivity contribution < 1.29 is 32.2 Å². The molecular weight excluding hydrogens is 293 g/mol. The minimum absolute atomic E-state index is 0.219. The molecule has 1 aromatic carbocycles. The van der Waals surface area contributed by atoms with Crippen molar-refractivity contribution in [2.24, 2.45) is 0 Å². The fourth-order valence-corrected chi connectivity index (χ4v) is 1.22. The lowest BCUT2D eigenvalue weighted by Crippen LogP contribution is -2.23. The van der Waals surface area contributed by atoms with Crippen LogP contribution in [0.5, 0.6) is 0 Å². The first-order chi connectivity index (χ1) is 9.80. The van der Waals surface area contributed by atoms with Gasteiger partial charge in [0.25, 0.3) is 0 Å². The van der Waals surface area contributed by atoms with Crippen LogP contribution in [-0.4, -0.2) is 31.6 Å². The molecule has 0 aromatic heterocycles. The van der Waals surface area contributed by atoms with Crippen LogP contribution in [0.4, 0.5) is 34.1 Å². The van der Waals surface area contributed by atoms with Crippen LogP contribution in [0.1, 0.15) is 6.92 Å². The Bertz CT molecular complexity index is 488. The first-order valence-corrected chi connectivity index (χ1v) is 5.84. The SMILES string of the molecule is CCOC(=O)Nc1ccc(NC(=O)OCC(F)(F)F)cc1. The molecule has 0 fully saturated rings. The van der Waals surface area contributed by atoms with E-state index >= 15 is 0 Å². The molecule has 0 radical (unpaired) electrons. The molecule has 0 unspecified atom stereocenters. The summed E-state index contributed by atoms with van der Waals surface area (Å²) in [5, 5.41) is 4.53. The highest BCUT2D eigenvalue weighted by atomic mass is 19.4. The average Bonchev–Trinajstić information content (AvgIpc) is 2.38. The highest BCUT2D eigenvalue weighted by molar-refractivity contribution is 5.87. The molecule has 0 bridgehead atoms. The maximum absolute atomic E-state index is 11.8. The summed E-state index contributed by atoms with van der Waals surface area (Å²) < 4.78 is 44.1. The minimum Gasteiger partial charge on any atom is -0.450 e. The fraction of sp³-hybridized carbons (Fsp3) is 0.333. The molecule has 0 aliphatic carbocycles. The summed E-state index contributed by atoms with van der Waals surface area (Å²) in [5.41, 5.74) is 0.624. The zero-order valence-corrected chi connectivity index (χ0v) is 11.0. The van der Waals surface area contributed by atoms with E-state index < -0.39 is 25.0 Å².